The molecule has 0 radical (unpaired) electrons. The Morgan fingerprint density at radius 2 is 1.95 bits per heavy atom. The average Bonchev–Trinajstić information content (AvgIpc) is 2.53. The molecule has 2 aromatic rings. The second-order valence-corrected chi connectivity index (χ2v) is 6.03. The van der Waals surface area contributed by atoms with Crippen molar-refractivity contribution >= 4 is 5.69 Å². The number of anilines is 1. The van der Waals surface area contributed by atoms with Crippen molar-refractivity contribution < 1.29 is 0 Å². The van der Waals surface area contributed by atoms with Crippen LogP contribution in [0.4, 0.5) is 5.69 Å². The van der Waals surface area contributed by atoms with Gasteiger partial charge in [-0.1, -0.05) is 48.0 Å². The van der Waals surface area contributed by atoms with E-state index >= 15 is 0 Å². The van der Waals surface area contributed by atoms with Gasteiger partial charge in [-0.3, -0.25) is 0 Å². The predicted molar refractivity (Wildman–Crippen MR) is 89.7 cm³/mol. The van der Waals surface area contributed by atoms with Gasteiger partial charge in [-0.2, -0.15) is 0 Å². The minimum absolute atomic E-state index is 0.127. The monoisotopic (exact) mass is 280 g/mol. The lowest BCUT2D eigenvalue weighted by atomic mass is 9.98. The van der Waals surface area contributed by atoms with E-state index in [9.17, 15) is 0 Å². The van der Waals surface area contributed by atoms with Gasteiger partial charge in [0.1, 0.15) is 0 Å². The number of hydrogen-bond donors (Lipinski definition) is 1. The summed E-state index contributed by atoms with van der Waals surface area (Å²) < 4.78 is 0. The van der Waals surface area contributed by atoms with Crippen molar-refractivity contribution in [1.82, 2.24) is 0 Å². The third-order valence-electron chi connectivity index (χ3n) is 4.39. The van der Waals surface area contributed by atoms with Crippen molar-refractivity contribution in [2.75, 3.05) is 18.0 Å². The Labute approximate surface area is 127 Å². The van der Waals surface area contributed by atoms with E-state index in [-0.39, 0.29) is 6.04 Å². The Balaban J connectivity index is 1.67. The van der Waals surface area contributed by atoms with E-state index in [0.717, 1.165) is 19.5 Å². The first-order chi connectivity index (χ1) is 10.2. The van der Waals surface area contributed by atoms with Crippen molar-refractivity contribution in [1.29, 1.82) is 0 Å². The summed E-state index contributed by atoms with van der Waals surface area (Å²) in [5, 5.41) is 0. The molecule has 0 saturated heterocycles. The lowest BCUT2D eigenvalue weighted by Crippen LogP contribution is -2.32. The molecule has 2 N–H and O–H groups in total. The van der Waals surface area contributed by atoms with Gasteiger partial charge in [0, 0.05) is 24.8 Å². The topological polar surface area (TPSA) is 29.3 Å². The fraction of sp³-hybridized carbons (Fsp3) is 0.368. The van der Waals surface area contributed by atoms with Crippen LogP contribution in [-0.2, 0) is 6.42 Å². The molecule has 0 aliphatic carbocycles. The zero-order valence-electron chi connectivity index (χ0n) is 12.8. The van der Waals surface area contributed by atoms with Gasteiger partial charge >= 0.3 is 0 Å². The van der Waals surface area contributed by atoms with Gasteiger partial charge in [-0.25, -0.2) is 0 Å². The molecule has 3 rings (SSSR count). The van der Waals surface area contributed by atoms with Crippen LogP contribution in [0.2, 0.25) is 0 Å². The van der Waals surface area contributed by atoms with Gasteiger partial charge in [-0.15, -0.1) is 0 Å². The maximum absolute atomic E-state index is 6.33. The molecule has 1 aliphatic heterocycles. The third-order valence-corrected chi connectivity index (χ3v) is 4.39. The normalized spacial score (nSPS) is 15.6. The van der Waals surface area contributed by atoms with Gasteiger partial charge in [0.05, 0.1) is 0 Å². The third kappa shape index (κ3) is 3.27. The molecule has 1 unspecified atom stereocenters. The second kappa shape index (κ2) is 6.31. The summed E-state index contributed by atoms with van der Waals surface area (Å²) in [7, 11) is 0. The number of hydrogen-bond acceptors (Lipinski definition) is 2. The number of aryl methyl sites for hydroxylation is 2. The molecule has 1 aliphatic rings. The van der Waals surface area contributed by atoms with E-state index in [1.165, 1.54) is 35.2 Å². The Kier molecular flexibility index (Phi) is 4.26. The molecule has 0 spiro atoms. The van der Waals surface area contributed by atoms with E-state index < -0.39 is 0 Å². The minimum atomic E-state index is 0.127. The van der Waals surface area contributed by atoms with Crippen LogP contribution >= 0.6 is 0 Å². The molecule has 0 bridgehead atoms. The number of fused-ring (bicyclic) bond motifs is 1. The summed E-state index contributed by atoms with van der Waals surface area (Å²) >= 11 is 0. The largest absolute Gasteiger partial charge is 0.371 e. The van der Waals surface area contributed by atoms with Gasteiger partial charge in [0.2, 0.25) is 0 Å². The molecule has 110 valence electrons. The van der Waals surface area contributed by atoms with E-state index in [1.54, 1.807) is 0 Å². The summed E-state index contributed by atoms with van der Waals surface area (Å²) in [4.78, 5) is 2.50. The lowest BCUT2D eigenvalue weighted by Gasteiger charge is -2.32. The smallest absolute Gasteiger partial charge is 0.0398 e. The summed E-state index contributed by atoms with van der Waals surface area (Å²) in [5.41, 5.74) is 11.8. The molecule has 21 heavy (non-hydrogen) atoms. The highest BCUT2D eigenvalue weighted by Crippen LogP contribution is 2.28. The highest BCUT2D eigenvalue weighted by atomic mass is 15.1. The van der Waals surface area contributed by atoms with Crippen LogP contribution in [0.5, 0.6) is 0 Å². The highest BCUT2D eigenvalue weighted by molar-refractivity contribution is 5.56. The summed E-state index contributed by atoms with van der Waals surface area (Å²) in [5.74, 6) is 0. The van der Waals surface area contributed by atoms with Crippen molar-refractivity contribution in [3.63, 3.8) is 0 Å². The molecule has 1 heterocycles. The maximum atomic E-state index is 6.33. The molecule has 0 fully saturated rings. The van der Waals surface area contributed by atoms with Crippen LogP contribution in [0.25, 0.3) is 0 Å². The van der Waals surface area contributed by atoms with Crippen LogP contribution in [0.15, 0.2) is 48.5 Å². The van der Waals surface area contributed by atoms with Gasteiger partial charge < -0.3 is 10.6 Å². The number of nitrogens with zero attached hydrogens (tertiary/aromatic N) is 1. The summed E-state index contributed by atoms with van der Waals surface area (Å²) in [6.07, 6.45) is 3.45. The molecule has 2 aromatic carbocycles. The van der Waals surface area contributed by atoms with Crippen LogP contribution < -0.4 is 10.6 Å². The molecule has 0 aromatic heterocycles. The fourth-order valence-corrected chi connectivity index (χ4v) is 3.20. The maximum Gasteiger partial charge on any atom is 0.0398 e. The van der Waals surface area contributed by atoms with Crippen molar-refractivity contribution in [2.45, 2.75) is 32.2 Å². The second-order valence-electron chi connectivity index (χ2n) is 6.03. The van der Waals surface area contributed by atoms with E-state index in [2.05, 4.69) is 54.3 Å². The average molecular weight is 280 g/mol. The molecule has 2 nitrogen and oxygen atoms in total. The molecule has 1 atom stereocenters. The summed E-state index contributed by atoms with van der Waals surface area (Å²) in [6.45, 7) is 4.36. The molecular weight excluding hydrogens is 256 g/mol. The quantitative estimate of drug-likeness (QED) is 0.922. The minimum Gasteiger partial charge on any atom is -0.371 e. The molecular formula is C19H24N2. The lowest BCUT2D eigenvalue weighted by molar-refractivity contribution is 0.603. The first-order valence-electron chi connectivity index (χ1n) is 7.89. The van der Waals surface area contributed by atoms with Gasteiger partial charge in [-0.05, 0) is 43.4 Å². The van der Waals surface area contributed by atoms with Crippen molar-refractivity contribution in [2.24, 2.45) is 5.73 Å². The van der Waals surface area contributed by atoms with E-state index in [4.69, 9.17) is 5.73 Å². The van der Waals surface area contributed by atoms with E-state index in [0.29, 0.717) is 0 Å². The number of benzene rings is 2. The Morgan fingerprint density at radius 3 is 2.76 bits per heavy atom. The molecule has 0 amide bonds. The van der Waals surface area contributed by atoms with Crippen LogP contribution in [-0.4, -0.2) is 13.1 Å². The van der Waals surface area contributed by atoms with E-state index in [1.807, 2.05) is 6.07 Å². The standard InChI is InChI=1S/C19H24N2/c1-15-9-10-19-17(14-15)8-5-12-21(19)13-11-18(20)16-6-3-2-4-7-16/h2-4,6-7,9-10,14,18H,5,8,11-13,20H2,1H3. The first kappa shape index (κ1) is 14.2. The zero-order chi connectivity index (χ0) is 14.7. The Morgan fingerprint density at radius 1 is 1.14 bits per heavy atom. The first-order valence-corrected chi connectivity index (χ1v) is 7.89. The van der Waals surface area contributed by atoms with Gasteiger partial charge in [0.15, 0.2) is 0 Å². The predicted octanol–water partition coefficient (Wildman–Crippen LogP) is 3.84. The Hall–Kier alpha value is -1.80. The number of nitrogens with two attached hydrogens (primary N) is 1. The van der Waals surface area contributed by atoms with Gasteiger partial charge in [0.25, 0.3) is 0 Å². The van der Waals surface area contributed by atoms with Crippen molar-refractivity contribution in [3.05, 3.63) is 65.2 Å². The molecule has 0 saturated carbocycles. The zero-order valence-corrected chi connectivity index (χ0v) is 12.8. The Bertz CT molecular complexity index is 592. The number of rotatable bonds is 4. The highest BCUT2D eigenvalue weighted by Gasteiger charge is 2.17. The summed E-state index contributed by atoms with van der Waals surface area (Å²) in [6, 6.07) is 17.4. The van der Waals surface area contributed by atoms with Crippen LogP contribution in [0, 0.1) is 6.92 Å². The molecule has 2 heteroatoms. The fourth-order valence-electron chi connectivity index (χ4n) is 3.20. The van der Waals surface area contributed by atoms with Crippen molar-refractivity contribution in [3.8, 4) is 0 Å². The van der Waals surface area contributed by atoms with Crippen LogP contribution in [0.3, 0.4) is 0 Å². The SMILES string of the molecule is Cc1ccc2c(c1)CCCN2CCC(N)c1ccccc1. The van der Waals surface area contributed by atoms with Crippen LogP contribution in [0.1, 0.15) is 35.6 Å².